The molecule has 2 aliphatic rings. The Labute approximate surface area is 137 Å². The molecule has 0 amide bonds. The summed E-state index contributed by atoms with van der Waals surface area (Å²) in [4.78, 5) is 1.72. The van der Waals surface area contributed by atoms with E-state index < -0.39 is 10.0 Å². The van der Waals surface area contributed by atoms with Crippen molar-refractivity contribution in [3.63, 3.8) is 0 Å². The molecule has 4 rings (SSSR count). The average Bonchev–Trinajstić information content (AvgIpc) is 3.19. The Kier molecular flexibility index (Phi) is 3.52. The second-order valence-electron chi connectivity index (χ2n) is 5.75. The molecule has 2 aliphatic heterocycles. The topological polar surface area (TPSA) is 68.1 Å². The van der Waals surface area contributed by atoms with Crippen LogP contribution in [0.4, 0.5) is 0 Å². The molecule has 2 unspecified atom stereocenters. The first-order chi connectivity index (χ1) is 10.6. The van der Waals surface area contributed by atoms with Gasteiger partial charge in [-0.05, 0) is 37.8 Å². The van der Waals surface area contributed by atoms with Crippen molar-refractivity contribution in [2.75, 3.05) is 0 Å². The van der Waals surface area contributed by atoms with E-state index in [4.69, 9.17) is 11.6 Å². The standard InChI is InChI=1S/C13H15ClN4O2S2/c14-12-3-4-13(21-12)22(19,20)17-9-1-2-10(17)8-11(7-9)18-15-5-6-16-18/h3-6,9-11H,1-2,7-8H2. The third kappa shape index (κ3) is 2.29. The molecule has 9 heteroatoms. The van der Waals surface area contributed by atoms with Crippen LogP contribution >= 0.6 is 22.9 Å². The van der Waals surface area contributed by atoms with Gasteiger partial charge in [-0.25, -0.2) is 8.42 Å². The number of fused-ring (bicyclic) bond motifs is 2. The van der Waals surface area contributed by atoms with Gasteiger partial charge in [0.1, 0.15) is 4.21 Å². The van der Waals surface area contributed by atoms with Crippen LogP contribution in [0.2, 0.25) is 4.34 Å². The van der Waals surface area contributed by atoms with Crippen LogP contribution in [0.25, 0.3) is 0 Å². The van der Waals surface area contributed by atoms with Crippen molar-refractivity contribution in [3.05, 3.63) is 28.9 Å². The van der Waals surface area contributed by atoms with E-state index in [0.29, 0.717) is 8.55 Å². The molecule has 2 atom stereocenters. The van der Waals surface area contributed by atoms with Crippen LogP contribution in [0.15, 0.2) is 28.7 Å². The SMILES string of the molecule is O=S(=O)(c1ccc(Cl)s1)N1C2CCC1CC(n1nccn1)C2. The number of halogens is 1. The van der Waals surface area contributed by atoms with Crippen LogP contribution in [0.5, 0.6) is 0 Å². The summed E-state index contributed by atoms with van der Waals surface area (Å²) >= 11 is 7.02. The Bertz CT molecular complexity index is 760. The molecule has 0 radical (unpaired) electrons. The maximum atomic E-state index is 12.9. The van der Waals surface area contributed by atoms with E-state index in [9.17, 15) is 8.42 Å². The zero-order valence-corrected chi connectivity index (χ0v) is 14.1. The maximum Gasteiger partial charge on any atom is 0.253 e. The normalized spacial score (nSPS) is 29.0. The quantitative estimate of drug-likeness (QED) is 0.845. The van der Waals surface area contributed by atoms with Crippen molar-refractivity contribution >= 4 is 33.0 Å². The van der Waals surface area contributed by atoms with Gasteiger partial charge in [-0.2, -0.15) is 19.3 Å². The van der Waals surface area contributed by atoms with Crippen molar-refractivity contribution < 1.29 is 8.42 Å². The number of rotatable bonds is 3. The number of piperidine rings is 1. The fraction of sp³-hybridized carbons (Fsp3) is 0.538. The van der Waals surface area contributed by atoms with E-state index in [2.05, 4.69) is 10.2 Å². The Hall–Kier alpha value is -0.960. The van der Waals surface area contributed by atoms with Crippen molar-refractivity contribution in [1.29, 1.82) is 0 Å². The van der Waals surface area contributed by atoms with Gasteiger partial charge < -0.3 is 0 Å². The highest BCUT2D eigenvalue weighted by molar-refractivity contribution is 7.91. The van der Waals surface area contributed by atoms with Crippen molar-refractivity contribution in [2.45, 2.75) is 48.0 Å². The molecule has 0 aromatic carbocycles. The average molecular weight is 359 g/mol. The minimum Gasteiger partial charge on any atom is -0.206 e. The first-order valence-corrected chi connectivity index (χ1v) is 9.84. The van der Waals surface area contributed by atoms with Crippen LogP contribution in [-0.4, -0.2) is 39.8 Å². The zero-order chi connectivity index (χ0) is 15.3. The van der Waals surface area contributed by atoms with Gasteiger partial charge in [-0.3, -0.25) is 0 Å². The van der Waals surface area contributed by atoms with Gasteiger partial charge in [0.25, 0.3) is 10.0 Å². The molecule has 2 aromatic rings. The molecule has 0 saturated carbocycles. The van der Waals surface area contributed by atoms with Crippen molar-refractivity contribution in [2.24, 2.45) is 0 Å². The number of thiophene rings is 1. The summed E-state index contributed by atoms with van der Waals surface area (Å²) in [6, 6.07) is 3.48. The van der Waals surface area contributed by atoms with E-state index in [1.54, 1.807) is 33.6 Å². The highest BCUT2D eigenvalue weighted by Crippen LogP contribution is 2.44. The summed E-state index contributed by atoms with van der Waals surface area (Å²) in [5.41, 5.74) is 0. The molecule has 6 nitrogen and oxygen atoms in total. The molecule has 2 aromatic heterocycles. The Morgan fingerprint density at radius 3 is 2.27 bits per heavy atom. The lowest BCUT2D eigenvalue weighted by Crippen LogP contribution is -2.46. The van der Waals surface area contributed by atoms with Gasteiger partial charge in [0.15, 0.2) is 0 Å². The lowest BCUT2D eigenvalue weighted by molar-refractivity contribution is 0.175. The van der Waals surface area contributed by atoms with Crippen LogP contribution in [-0.2, 0) is 10.0 Å². The van der Waals surface area contributed by atoms with Crippen molar-refractivity contribution in [1.82, 2.24) is 19.3 Å². The molecule has 22 heavy (non-hydrogen) atoms. The lowest BCUT2D eigenvalue weighted by Gasteiger charge is -2.37. The van der Waals surface area contributed by atoms with E-state index in [1.165, 1.54) is 0 Å². The Morgan fingerprint density at radius 1 is 1.09 bits per heavy atom. The second-order valence-corrected chi connectivity index (χ2v) is 9.54. The van der Waals surface area contributed by atoms with Gasteiger partial charge in [0.05, 0.1) is 22.8 Å². The fourth-order valence-electron chi connectivity index (χ4n) is 3.64. The predicted molar refractivity (Wildman–Crippen MR) is 83.5 cm³/mol. The number of hydrogen-bond acceptors (Lipinski definition) is 5. The molecular formula is C13H15ClN4O2S2. The molecule has 2 bridgehead atoms. The number of aromatic nitrogens is 3. The smallest absolute Gasteiger partial charge is 0.206 e. The van der Waals surface area contributed by atoms with E-state index in [0.717, 1.165) is 37.0 Å². The molecule has 2 fully saturated rings. The van der Waals surface area contributed by atoms with Crippen LogP contribution in [0, 0.1) is 0 Å². The zero-order valence-electron chi connectivity index (χ0n) is 11.7. The molecular weight excluding hydrogens is 344 g/mol. The molecule has 4 heterocycles. The van der Waals surface area contributed by atoms with Gasteiger partial charge in [0, 0.05) is 12.1 Å². The van der Waals surface area contributed by atoms with E-state index in [-0.39, 0.29) is 18.1 Å². The fourth-order valence-corrected chi connectivity index (χ4v) is 7.12. The predicted octanol–water partition coefficient (Wildman–Crippen LogP) is 2.55. The summed E-state index contributed by atoms with van der Waals surface area (Å²) in [5, 5.41) is 8.41. The van der Waals surface area contributed by atoms with Crippen molar-refractivity contribution in [3.8, 4) is 0 Å². The Balaban J connectivity index is 1.63. The molecule has 0 spiro atoms. The van der Waals surface area contributed by atoms with Crippen LogP contribution in [0.1, 0.15) is 31.7 Å². The number of sulfonamides is 1. The Morgan fingerprint density at radius 2 is 1.73 bits per heavy atom. The summed E-state index contributed by atoms with van der Waals surface area (Å²) in [7, 11) is -3.45. The number of nitrogens with zero attached hydrogens (tertiary/aromatic N) is 4. The number of hydrogen-bond donors (Lipinski definition) is 0. The monoisotopic (exact) mass is 358 g/mol. The summed E-state index contributed by atoms with van der Waals surface area (Å²) in [6.45, 7) is 0. The van der Waals surface area contributed by atoms with Gasteiger partial charge in [0.2, 0.25) is 0 Å². The summed E-state index contributed by atoms with van der Waals surface area (Å²) in [5.74, 6) is 0. The third-order valence-electron chi connectivity index (χ3n) is 4.48. The van der Waals surface area contributed by atoms with Crippen LogP contribution < -0.4 is 0 Å². The van der Waals surface area contributed by atoms with Crippen LogP contribution in [0.3, 0.4) is 0 Å². The van der Waals surface area contributed by atoms with E-state index in [1.807, 2.05) is 0 Å². The first kappa shape index (κ1) is 14.6. The van der Waals surface area contributed by atoms with Gasteiger partial charge in [-0.15, -0.1) is 11.3 Å². The summed E-state index contributed by atoms with van der Waals surface area (Å²) < 4.78 is 28.3. The highest BCUT2D eigenvalue weighted by Gasteiger charge is 2.48. The minimum atomic E-state index is -3.45. The molecule has 0 N–H and O–H groups in total. The minimum absolute atomic E-state index is 0.0284. The summed E-state index contributed by atoms with van der Waals surface area (Å²) in [6.07, 6.45) is 6.67. The van der Waals surface area contributed by atoms with Gasteiger partial charge in [-0.1, -0.05) is 11.6 Å². The third-order valence-corrected chi connectivity index (χ3v) is 8.19. The molecule has 2 saturated heterocycles. The maximum absolute atomic E-state index is 12.9. The first-order valence-electron chi connectivity index (χ1n) is 7.20. The largest absolute Gasteiger partial charge is 0.253 e. The van der Waals surface area contributed by atoms with Gasteiger partial charge >= 0.3 is 0 Å². The van der Waals surface area contributed by atoms with E-state index >= 15 is 0 Å². The molecule has 0 aliphatic carbocycles. The molecule has 118 valence electrons. The highest BCUT2D eigenvalue weighted by atomic mass is 35.5. The lowest BCUT2D eigenvalue weighted by atomic mass is 10.0. The second kappa shape index (κ2) is 5.30.